The number of Topliss-reactive ketones (excluding diaryl/α,β-unsaturated/α-hetero) is 4. The average Bonchev–Trinajstić information content (AvgIpc) is 2.60. The number of hydrogen-bond acceptors (Lipinski definition) is 10. The normalized spacial score (nSPS) is 51.8. The number of aliphatic hydroxyl groups is 5. The van der Waals surface area contributed by atoms with Crippen molar-refractivity contribution in [3.05, 3.63) is 0 Å². The van der Waals surface area contributed by atoms with Gasteiger partial charge in [-0.25, -0.2) is 0 Å². The SMILES string of the molecule is O=C1C(O)CC(=O)[C@]2(O)[C@H](O)[C@@H]1OC1(O)C(=O)CC(=O)[C@]12O. The molecule has 2 saturated carbocycles. The van der Waals surface area contributed by atoms with E-state index in [1.807, 2.05) is 0 Å². The maximum atomic E-state index is 12.1. The number of carbonyl (C=O) groups is 4. The van der Waals surface area contributed by atoms with Gasteiger partial charge in [0, 0.05) is 6.42 Å². The van der Waals surface area contributed by atoms with Gasteiger partial charge in [0.25, 0.3) is 5.79 Å². The first-order chi connectivity index (χ1) is 10.0. The van der Waals surface area contributed by atoms with Crippen LogP contribution in [0.5, 0.6) is 0 Å². The lowest BCUT2D eigenvalue weighted by molar-refractivity contribution is -0.358. The molecule has 0 radical (unpaired) electrons. The molecule has 3 aliphatic rings. The van der Waals surface area contributed by atoms with Crippen LogP contribution in [0.4, 0.5) is 0 Å². The van der Waals surface area contributed by atoms with Crippen molar-refractivity contribution < 1.29 is 49.4 Å². The summed E-state index contributed by atoms with van der Waals surface area (Å²) >= 11 is 0. The quantitative estimate of drug-likeness (QED) is 0.273. The summed E-state index contributed by atoms with van der Waals surface area (Å²) in [5.41, 5.74) is -6.82. The molecular weight excluding hydrogens is 304 g/mol. The molecule has 0 aromatic heterocycles. The molecule has 120 valence electrons. The standard InChI is InChI=1S/C12H12O10/c13-3-1-4(14)10(19)9(18)8(7(3)17)22-12(21)6(16)2-5(15)11(10,12)20/h3,8-9,13,18-21H,1-2H2/t3?,8-,9-,10+,11-,12?/m1/s1. The minimum atomic E-state index is -3.46. The van der Waals surface area contributed by atoms with Gasteiger partial charge in [0.1, 0.15) is 12.2 Å². The summed E-state index contributed by atoms with van der Waals surface area (Å²) in [5.74, 6) is -8.89. The highest BCUT2D eigenvalue weighted by atomic mass is 16.7. The molecule has 0 spiro atoms. The maximum absolute atomic E-state index is 12.1. The Kier molecular flexibility index (Phi) is 2.82. The van der Waals surface area contributed by atoms with Crippen molar-refractivity contribution in [1.82, 2.24) is 0 Å². The zero-order chi connectivity index (χ0) is 16.7. The Balaban J connectivity index is 2.32. The molecule has 10 heteroatoms. The Hall–Kier alpha value is -1.56. The van der Waals surface area contributed by atoms with Crippen LogP contribution in [0.25, 0.3) is 0 Å². The summed E-state index contributed by atoms with van der Waals surface area (Å²) in [6.45, 7) is 0. The molecule has 1 aliphatic heterocycles. The first kappa shape index (κ1) is 15.3. The molecule has 10 nitrogen and oxygen atoms in total. The summed E-state index contributed by atoms with van der Waals surface area (Å²) in [6, 6.07) is 0. The van der Waals surface area contributed by atoms with Crippen molar-refractivity contribution in [2.45, 2.75) is 48.1 Å². The fraction of sp³-hybridized carbons (Fsp3) is 0.667. The molecule has 6 atom stereocenters. The summed E-state index contributed by atoms with van der Waals surface area (Å²) < 4.78 is 4.71. The Morgan fingerprint density at radius 3 is 2.14 bits per heavy atom. The van der Waals surface area contributed by atoms with Crippen LogP contribution in [0.3, 0.4) is 0 Å². The predicted octanol–water partition coefficient (Wildman–Crippen LogP) is -4.66. The molecule has 0 aromatic carbocycles. The smallest absolute Gasteiger partial charge is 0.268 e. The van der Waals surface area contributed by atoms with Gasteiger partial charge in [-0.3, -0.25) is 19.2 Å². The first-order valence-electron chi connectivity index (χ1n) is 6.36. The zero-order valence-corrected chi connectivity index (χ0v) is 10.9. The number of hydrogen-bond donors (Lipinski definition) is 5. The number of ketones is 4. The van der Waals surface area contributed by atoms with Gasteiger partial charge in [0.15, 0.2) is 29.1 Å². The Morgan fingerprint density at radius 1 is 0.955 bits per heavy atom. The lowest BCUT2D eigenvalue weighted by Gasteiger charge is -2.52. The number of aliphatic hydroxyl groups excluding tert-OH is 2. The predicted molar refractivity (Wildman–Crippen MR) is 61.0 cm³/mol. The van der Waals surface area contributed by atoms with Crippen molar-refractivity contribution in [2.75, 3.05) is 0 Å². The zero-order valence-electron chi connectivity index (χ0n) is 10.9. The lowest BCUT2D eigenvalue weighted by atomic mass is 9.68. The second kappa shape index (κ2) is 4.04. The molecule has 5 N–H and O–H groups in total. The number of rotatable bonds is 0. The Morgan fingerprint density at radius 2 is 1.55 bits per heavy atom. The van der Waals surface area contributed by atoms with E-state index in [1.165, 1.54) is 0 Å². The van der Waals surface area contributed by atoms with E-state index in [4.69, 9.17) is 4.74 Å². The highest BCUT2D eigenvalue weighted by Crippen LogP contribution is 2.51. The molecular formula is C12H12O10. The number of carbonyl (C=O) groups excluding carboxylic acids is 4. The fourth-order valence-electron chi connectivity index (χ4n) is 3.29. The third-order valence-electron chi connectivity index (χ3n) is 4.57. The minimum Gasteiger partial charge on any atom is -0.386 e. The van der Waals surface area contributed by atoms with Gasteiger partial charge in [0.2, 0.25) is 11.4 Å². The van der Waals surface area contributed by atoms with Gasteiger partial charge in [-0.15, -0.1) is 0 Å². The van der Waals surface area contributed by atoms with Crippen molar-refractivity contribution in [2.24, 2.45) is 0 Å². The number of ether oxygens (including phenoxy) is 1. The van der Waals surface area contributed by atoms with Gasteiger partial charge < -0.3 is 30.3 Å². The fourth-order valence-corrected chi connectivity index (χ4v) is 3.29. The van der Waals surface area contributed by atoms with Gasteiger partial charge in [-0.1, -0.05) is 0 Å². The Labute approximate surface area is 121 Å². The van der Waals surface area contributed by atoms with Gasteiger partial charge in [-0.2, -0.15) is 0 Å². The van der Waals surface area contributed by atoms with E-state index in [1.54, 1.807) is 0 Å². The van der Waals surface area contributed by atoms with E-state index in [9.17, 15) is 44.7 Å². The Bertz CT molecular complexity index is 627. The van der Waals surface area contributed by atoms with E-state index in [2.05, 4.69) is 0 Å². The van der Waals surface area contributed by atoms with Crippen LogP contribution in [0, 0.1) is 0 Å². The van der Waals surface area contributed by atoms with Gasteiger partial charge in [0.05, 0.1) is 6.42 Å². The summed E-state index contributed by atoms with van der Waals surface area (Å²) in [7, 11) is 0. The number of fused-ring (bicyclic) bond motifs is 4. The summed E-state index contributed by atoms with van der Waals surface area (Å²) in [6.07, 6.45) is -8.67. The van der Waals surface area contributed by atoms with Crippen LogP contribution in [0.2, 0.25) is 0 Å². The molecule has 3 fully saturated rings. The molecule has 22 heavy (non-hydrogen) atoms. The molecule has 1 saturated heterocycles. The van der Waals surface area contributed by atoms with Gasteiger partial charge >= 0.3 is 0 Å². The molecule has 0 amide bonds. The van der Waals surface area contributed by atoms with Crippen LogP contribution < -0.4 is 0 Å². The molecule has 3 rings (SSSR count). The monoisotopic (exact) mass is 316 g/mol. The lowest BCUT2D eigenvalue weighted by Crippen LogP contribution is -2.82. The summed E-state index contributed by atoms with van der Waals surface area (Å²) in [4.78, 5) is 47.8. The van der Waals surface area contributed by atoms with Crippen LogP contribution in [-0.4, -0.2) is 84.0 Å². The topological polar surface area (TPSA) is 179 Å². The van der Waals surface area contributed by atoms with Crippen molar-refractivity contribution in [3.8, 4) is 0 Å². The van der Waals surface area contributed by atoms with Crippen LogP contribution >= 0.6 is 0 Å². The van der Waals surface area contributed by atoms with Crippen LogP contribution in [0.1, 0.15) is 12.8 Å². The van der Waals surface area contributed by atoms with E-state index in [-0.39, 0.29) is 0 Å². The van der Waals surface area contributed by atoms with E-state index < -0.39 is 71.3 Å². The minimum absolute atomic E-state index is 1.02. The second-order valence-electron chi connectivity index (χ2n) is 5.67. The third-order valence-corrected chi connectivity index (χ3v) is 4.57. The molecule has 1 heterocycles. The van der Waals surface area contributed by atoms with Gasteiger partial charge in [-0.05, 0) is 0 Å². The average molecular weight is 316 g/mol. The highest BCUT2D eigenvalue weighted by molar-refractivity contribution is 6.20. The maximum Gasteiger partial charge on any atom is 0.268 e. The van der Waals surface area contributed by atoms with Crippen LogP contribution in [0.15, 0.2) is 0 Å². The molecule has 2 unspecified atom stereocenters. The molecule has 2 bridgehead atoms. The van der Waals surface area contributed by atoms with E-state index in [0.29, 0.717) is 0 Å². The molecule has 2 aliphatic carbocycles. The highest BCUT2D eigenvalue weighted by Gasteiger charge is 2.83. The largest absolute Gasteiger partial charge is 0.386 e. The third kappa shape index (κ3) is 1.31. The van der Waals surface area contributed by atoms with Crippen molar-refractivity contribution >= 4 is 23.1 Å². The van der Waals surface area contributed by atoms with Crippen LogP contribution in [-0.2, 0) is 23.9 Å². The molecule has 0 aromatic rings. The first-order valence-corrected chi connectivity index (χ1v) is 6.36. The van der Waals surface area contributed by atoms with E-state index in [0.717, 1.165) is 0 Å². The van der Waals surface area contributed by atoms with E-state index >= 15 is 0 Å². The second-order valence-corrected chi connectivity index (χ2v) is 5.67. The van der Waals surface area contributed by atoms with Crippen molar-refractivity contribution in [3.63, 3.8) is 0 Å². The van der Waals surface area contributed by atoms with Crippen molar-refractivity contribution in [1.29, 1.82) is 0 Å². The summed E-state index contributed by atoms with van der Waals surface area (Å²) in [5, 5.41) is 50.8.